The number of likely N-dealkylation sites (N-methyl/N-ethyl adjacent to an activating group) is 1. The lowest BCUT2D eigenvalue weighted by Gasteiger charge is -2.21. The number of halogens is 1. The van der Waals surface area contributed by atoms with Gasteiger partial charge >= 0.3 is 0 Å². The van der Waals surface area contributed by atoms with Crippen molar-refractivity contribution < 1.29 is 13.2 Å². The van der Waals surface area contributed by atoms with E-state index in [1.165, 1.54) is 0 Å². The van der Waals surface area contributed by atoms with Crippen LogP contribution in [0.4, 0.5) is 0 Å². The number of benzene rings is 1. The molecule has 1 aliphatic carbocycles. The number of carbonyl (C=O) groups excluding carboxylic acids is 1. The number of rotatable bonds is 7. The first-order valence-electron chi connectivity index (χ1n) is 8.35. The van der Waals surface area contributed by atoms with Crippen molar-refractivity contribution in [2.24, 2.45) is 11.7 Å². The molecule has 0 bridgehead atoms. The van der Waals surface area contributed by atoms with Crippen molar-refractivity contribution in [2.45, 2.75) is 43.5 Å². The second-order valence-corrected chi connectivity index (χ2v) is 8.35. The molecular weight excluding hydrogens is 362 g/mol. The first-order chi connectivity index (χ1) is 11.3. The lowest BCUT2D eigenvalue weighted by Crippen LogP contribution is -2.38. The number of nitrogens with two attached hydrogens (primary N) is 1. The highest BCUT2D eigenvalue weighted by atomic mass is 35.5. The summed E-state index contributed by atoms with van der Waals surface area (Å²) in [5, 5.41) is 0. The Morgan fingerprint density at radius 3 is 2.48 bits per heavy atom. The number of amides is 1. The maximum absolute atomic E-state index is 12.2. The van der Waals surface area contributed by atoms with Gasteiger partial charge in [0.25, 0.3) is 0 Å². The molecule has 1 aromatic rings. The van der Waals surface area contributed by atoms with Crippen LogP contribution >= 0.6 is 12.4 Å². The van der Waals surface area contributed by atoms with Gasteiger partial charge in [-0.05, 0) is 37.8 Å². The largest absolute Gasteiger partial charge is 0.344 e. The van der Waals surface area contributed by atoms with Crippen LogP contribution in [0, 0.1) is 12.8 Å². The molecule has 142 valence electrons. The molecule has 3 N–H and O–H groups in total. The van der Waals surface area contributed by atoms with E-state index < -0.39 is 10.0 Å². The van der Waals surface area contributed by atoms with Gasteiger partial charge in [-0.3, -0.25) is 4.79 Å². The van der Waals surface area contributed by atoms with Gasteiger partial charge < -0.3 is 10.6 Å². The van der Waals surface area contributed by atoms with Gasteiger partial charge in [0.05, 0.1) is 4.90 Å². The Hall–Kier alpha value is -1.15. The third kappa shape index (κ3) is 6.26. The van der Waals surface area contributed by atoms with Crippen LogP contribution in [0.3, 0.4) is 0 Å². The van der Waals surface area contributed by atoms with Crippen LogP contribution < -0.4 is 10.5 Å². The molecule has 1 amide bonds. The van der Waals surface area contributed by atoms with E-state index in [-0.39, 0.29) is 41.7 Å². The minimum absolute atomic E-state index is 0. The first-order valence-corrected chi connectivity index (χ1v) is 9.84. The molecule has 1 saturated carbocycles. The van der Waals surface area contributed by atoms with Gasteiger partial charge in [0.15, 0.2) is 0 Å². The van der Waals surface area contributed by atoms with Crippen molar-refractivity contribution in [3.05, 3.63) is 29.8 Å². The van der Waals surface area contributed by atoms with E-state index in [4.69, 9.17) is 5.73 Å². The molecule has 0 spiro atoms. The van der Waals surface area contributed by atoms with Crippen LogP contribution in [0.1, 0.15) is 31.2 Å². The maximum atomic E-state index is 12.2. The molecule has 8 heteroatoms. The number of carbonyl (C=O) groups is 1. The molecule has 0 saturated heterocycles. The minimum atomic E-state index is -3.54. The van der Waals surface area contributed by atoms with Gasteiger partial charge in [0.2, 0.25) is 15.9 Å². The van der Waals surface area contributed by atoms with Crippen LogP contribution in [0.15, 0.2) is 29.2 Å². The summed E-state index contributed by atoms with van der Waals surface area (Å²) >= 11 is 0. The van der Waals surface area contributed by atoms with Crippen molar-refractivity contribution in [1.82, 2.24) is 9.62 Å². The molecule has 1 aliphatic rings. The van der Waals surface area contributed by atoms with Crippen molar-refractivity contribution in [1.29, 1.82) is 0 Å². The van der Waals surface area contributed by atoms with E-state index in [9.17, 15) is 13.2 Å². The number of aryl methyl sites for hydroxylation is 1. The summed E-state index contributed by atoms with van der Waals surface area (Å²) in [5.41, 5.74) is 7.00. The lowest BCUT2D eigenvalue weighted by molar-refractivity contribution is -0.130. The van der Waals surface area contributed by atoms with E-state index >= 15 is 0 Å². The van der Waals surface area contributed by atoms with E-state index in [0.717, 1.165) is 24.8 Å². The van der Waals surface area contributed by atoms with E-state index in [1.54, 1.807) is 36.2 Å². The van der Waals surface area contributed by atoms with Crippen LogP contribution in [0.5, 0.6) is 0 Å². The van der Waals surface area contributed by atoms with Crippen LogP contribution in [0.25, 0.3) is 0 Å². The SMILES string of the molecule is Cc1ccc(S(=O)(=O)NCCN(C)C(=O)C[C@@H]2CCC[C@H]2N)cc1.Cl. The third-order valence-corrected chi connectivity index (χ3v) is 6.13. The Morgan fingerprint density at radius 2 is 1.92 bits per heavy atom. The zero-order valence-electron chi connectivity index (χ0n) is 14.8. The number of sulfonamides is 1. The molecule has 0 heterocycles. The van der Waals surface area contributed by atoms with Gasteiger partial charge in [-0.1, -0.05) is 24.1 Å². The standard InChI is InChI=1S/C17H27N3O3S.ClH/c1-13-6-8-15(9-7-13)24(22,23)19-10-11-20(2)17(21)12-14-4-3-5-16(14)18;/h6-9,14,16,19H,3-5,10-12,18H2,1-2H3;1H/t14-,16+;/m0./s1. The fourth-order valence-corrected chi connectivity index (χ4v) is 3.99. The Balaban J connectivity index is 0.00000312. The van der Waals surface area contributed by atoms with E-state index in [0.29, 0.717) is 13.0 Å². The quantitative estimate of drug-likeness (QED) is 0.741. The first kappa shape index (κ1) is 21.9. The second-order valence-electron chi connectivity index (χ2n) is 6.59. The predicted molar refractivity (Wildman–Crippen MR) is 101 cm³/mol. The fourth-order valence-electron chi connectivity index (χ4n) is 2.97. The number of nitrogens with zero attached hydrogens (tertiary/aromatic N) is 1. The Morgan fingerprint density at radius 1 is 1.28 bits per heavy atom. The zero-order valence-corrected chi connectivity index (χ0v) is 16.4. The smallest absolute Gasteiger partial charge is 0.240 e. The summed E-state index contributed by atoms with van der Waals surface area (Å²) in [4.78, 5) is 14.0. The third-order valence-electron chi connectivity index (χ3n) is 4.65. The van der Waals surface area contributed by atoms with Gasteiger partial charge in [-0.15, -0.1) is 12.4 Å². The van der Waals surface area contributed by atoms with Crippen LogP contribution in [-0.2, 0) is 14.8 Å². The summed E-state index contributed by atoms with van der Waals surface area (Å²) in [6.07, 6.45) is 3.51. The van der Waals surface area contributed by atoms with E-state index in [2.05, 4.69) is 4.72 Å². The zero-order chi connectivity index (χ0) is 17.7. The molecule has 0 aliphatic heterocycles. The fraction of sp³-hybridized carbons (Fsp3) is 0.588. The van der Waals surface area contributed by atoms with Crippen molar-refractivity contribution in [2.75, 3.05) is 20.1 Å². The monoisotopic (exact) mass is 389 g/mol. The maximum Gasteiger partial charge on any atom is 0.240 e. The van der Waals surface area contributed by atoms with E-state index in [1.807, 2.05) is 6.92 Å². The Labute approximate surface area is 156 Å². The average molecular weight is 390 g/mol. The highest BCUT2D eigenvalue weighted by molar-refractivity contribution is 7.89. The van der Waals surface area contributed by atoms with Gasteiger partial charge in [0, 0.05) is 32.6 Å². The topological polar surface area (TPSA) is 92.5 Å². The Bertz CT molecular complexity index is 664. The molecule has 2 atom stereocenters. The minimum Gasteiger partial charge on any atom is -0.344 e. The summed E-state index contributed by atoms with van der Waals surface area (Å²) in [6.45, 7) is 2.43. The molecular formula is C17H28ClN3O3S. The molecule has 1 aromatic carbocycles. The Kier molecular flexibility index (Phi) is 8.34. The lowest BCUT2D eigenvalue weighted by atomic mass is 9.99. The summed E-state index contributed by atoms with van der Waals surface area (Å²) in [6, 6.07) is 6.79. The van der Waals surface area contributed by atoms with Crippen molar-refractivity contribution in [3.8, 4) is 0 Å². The molecule has 2 rings (SSSR count). The average Bonchev–Trinajstić information content (AvgIpc) is 2.92. The summed E-state index contributed by atoms with van der Waals surface area (Å²) < 4.78 is 26.9. The molecule has 0 unspecified atom stereocenters. The summed E-state index contributed by atoms with van der Waals surface area (Å²) in [5.74, 6) is 0.274. The number of nitrogens with one attached hydrogen (secondary N) is 1. The van der Waals surface area contributed by atoms with Crippen LogP contribution in [0.2, 0.25) is 0 Å². The summed E-state index contributed by atoms with van der Waals surface area (Å²) in [7, 11) is -1.84. The van der Waals surface area contributed by atoms with Crippen molar-refractivity contribution >= 4 is 28.3 Å². The van der Waals surface area contributed by atoms with Crippen molar-refractivity contribution in [3.63, 3.8) is 0 Å². The molecule has 1 fully saturated rings. The second kappa shape index (κ2) is 9.52. The highest BCUT2D eigenvalue weighted by Crippen LogP contribution is 2.27. The molecule has 6 nitrogen and oxygen atoms in total. The predicted octanol–water partition coefficient (Wildman–Crippen LogP) is 1.67. The van der Waals surface area contributed by atoms with Gasteiger partial charge in [-0.2, -0.15) is 0 Å². The molecule has 25 heavy (non-hydrogen) atoms. The number of hydrogen-bond donors (Lipinski definition) is 2. The highest BCUT2D eigenvalue weighted by Gasteiger charge is 2.27. The van der Waals surface area contributed by atoms with Gasteiger partial charge in [-0.25, -0.2) is 13.1 Å². The van der Waals surface area contributed by atoms with Gasteiger partial charge in [0.1, 0.15) is 0 Å². The number of hydrogen-bond acceptors (Lipinski definition) is 4. The normalized spacial score (nSPS) is 20.1. The molecule has 0 aromatic heterocycles. The van der Waals surface area contributed by atoms with Crippen LogP contribution in [-0.4, -0.2) is 45.4 Å². The molecule has 0 radical (unpaired) electrons.